The molecule has 0 saturated carbocycles. The van der Waals surface area contributed by atoms with Crippen molar-refractivity contribution in [2.75, 3.05) is 6.54 Å². The summed E-state index contributed by atoms with van der Waals surface area (Å²) in [5.74, 6) is -1.36. The van der Waals surface area contributed by atoms with E-state index in [1.807, 2.05) is 0 Å². The average molecular weight is 225 g/mol. The van der Waals surface area contributed by atoms with E-state index in [0.29, 0.717) is 5.56 Å². The van der Waals surface area contributed by atoms with Gasteiger partial charge >= 0.3 is 5.97 Å². The van der Waals surface area contributed by atoms with Gasteiger partial charge in [-0.2, -0.15) is 0 Å². The molecular weight excluding hydrogens is 214 g/mol. The van der Waals surface area contributed by atoms with Crippen molar-refractivity contribution in [3.8, 4) is 0 Å². The predicted octanol–water partition coefficient (Wildman–Crippen LogP) is 0.252. The maximum atomic E-state index is 10.8. The number of nitro groups is 1. The Bertz CT molecular complexity index is 433. The van der Waals surface area contributed by atoms with Crippen molar-refractivity contribution in [1.82, 2.24) is 0 Å². The zero-order valence-corrected chi connectivity index (χ0v) is 8.29. The van der Waals surface area contributed by atoms with Gasteiger partial charge in [0.1, 0.15) is 5.56 Å². The minimum absolute atomic E-state index is 0.136. The lowest BCUT2D eigenvalue weighted by Crippen LogP contribution is -2.21. The molecule has 0 aliphatic carbocycles. The summed E-state index contributed by atoms with van der Waals surface area (Å²) in [4.78, 5) is 20.6. The lowest BCUT2D eigenvalue weighted by atomic mass is 10.0. The zero-order valence-electron chi connectivity index (χ0n) is 8.29. The second-order valence-corrected chi connectivity index (χ2v) is 3.18. The minimum Gasteiger partial charge on any atom is -0.477 e. The van der Waals surface area contributed by atoms with Crippen LogP contribution in [0, 0.1) is 10.1 Å². The number of aromatic carboxylic acids is 1. The van der Waals surface area contributed by atoms with Gasteiger partial charge in [-0.15, -0.1) is 0 Å². The fraction of sp³-hybridized carbons (Fsp3) is 0.222. The largest absolute Gasteiger partial charge is 0.477 e. The zero-order chi connectivity index (χ0) is 12.3. The van der Waals surface area contributed by atoms with Crippen LogP contribution < -0.4 is 11.5 Å². The lowest BCUT2D eigenvalue weighted by molar-refractivity contribution is -0.385. The fourth-order valence-corrected chi connectivity index (χ4v) is 1.25. The summed E-state index contributed by atoms with van der Waals surface area (Å²) in [7, 11) is 0. The molecule has 0 radical (unpaired) electrons. The van der Waals surface area contributed by atoms with Gasteiger partial charge in [-0.3, -0.25) is 10.1 Å². The standard InChI is InChI=1S/C9H11N3O4/c10-4-7(11)5-1-2-8(12(15)16)6(3-5)9(13)14/h1-3,7H,4,10-11H2,(H,13,14)/t7-/m1/s1. The summed E-state index contributed by atoms with van der Waals surface area (Å²) in [5, 5.41) is 19.4. The Balaban J connectivity index is 3.28. The minimum atomic E-state index is -1.36. The van der Waals surface area contributed by atoms with E-state index in [4.69, 9.17) is 16.6 Å². The number of nitro benzene ring substituents is 1. The third-order valence-corrected chi connectivity index (χ3v) is 2.13. The highest BCUT2D eigenvalue weighted by atomic mass is 16.6. The van der Waals surface area contributed by atoms with E-state index < -0.39 is 22.6 Å². The Hall–Kier alpha value is -1.99. The van der Waals surface area contributed by atoms with E-state index in [2.05, 4.69) is 0 Å². The first-order valence-electron chi connectivity index (χ1n) is 4.44. The molecule has 1 atom stereocenters. The lowest BCUT2D eigenvalue weighted by Gasteiger charge is -2.09. The first-order chi connectivity index (χ1) is 7.47. The quantitative estimate of drug-likeness (QED) is 0.497. The molecule has 0 heterocycles. The molecular formula is C9H11N3O4. The van der Waals surface area contributed by atoms with Crippen LogP contribution in [-0.4, -0.2) is 22.5 Å². The summed E-state index contributed by atoms with van der Waals surface area (Å²) in [6, 6.07) is 3.17. The smallest absolute Gasteiger partial charge is 0.342 e. The number of rotatable bonds is 4. The Kier molecular flexibility index (Phi) is 3.54. The SMILES string of the molecule is NC[C@@H](N)c1ccc([N+](=O)[O-])c(C(=O)O)c1. The van der Waals surface area contributed by atoms with Gasteiger partial charge in [0.05, 0.1) is 4.92 Å². The maximum Gasteiger partial charge on any atom is 0.342 e. The number of nitrogens with zero attached hydrogens (tertiary/aromatic N) is 1. The van der Waals surface area contributed by atoms with Crippen molar-refractivity contribution in [3.05, 3.63) is 39.4 Å². The second kappa shape index (κ2) is 4.69. The van der Waals surface area contributed by atoms with Crippen molar-refractivity contribution >= 4 is 11.7 Å². The Morgan fingerprint density at radius 2 is 2.19 bits per heavy atom. The number of hydrogen-bond acceptors (Lipinski definition) is 5. The molecule has 5 N–H and O–H groups in total. The van der Waals surface area contributed by atoms with Crippen LogP contribution in [0.25, 0.3) is 0 Å². The highest BCUT2D eigenvalue weighted by Gasteiger charge is 2.20. The van der Waals surface area contributed by atoms with Crippen LogP contribution in [0.4, 0.5) is 5.69 Å². The topological polar surface area (TPSA) is 132 Å². The number of benzene rings is 1. The van der Waals surface area contributed by atoms with Crippen LogP contribution in [0.2, 0.25) is 0 Å². The van der Waals surface area contributed by atoms with Gasteiger partial charge in [0.15, 0.2) is 0 Å². The van der Waals surface area contributed by atoms with Crippen LogP contribution in [-0.2, 0) is 0 Å². The van der Waals surface area contributed by atoms with Crippen LogP contribution >= 0.6 is 0 Å². The van der Waals surface area contributed by atoms with Crippen molar-refractivity contribution in [2.45, 2.75) is 6.04 Å². The predicted molar refractivity (Wildman–Crippen MR) is 56.0 cm³/mol. The molecule has 1 rings (SSSR count). The van der Waals surface area contributed by atoms with Gasteiger partial charge in [0.2, 0.25) is 0 Å². The number of nitrogens with two attached hydrogens (primary N) is 2. The van der Waals surface area contributed by atoms with Gasteiger partial charge in [-0.05, 0) is 11.6 Å². The number of carbonyl (C=O) groups is 1. The molecule has 86 valence electrons. The van der Waals surface area contributed by atoms with Gasteiger partial charge in [0, 0.05) is 18.7 Å². The third-order valence-electron chi connectivity index (χ3n) is 2.13. The van der Waals surface area contributed by atoms with Crippen molar-refractivity contribution in [3.63, 3.8) is 0 Å². The number of carboxylic acids is 1. The molecule has 0 aromatic heterocycles. The molecule has 0 unspecified atom stereocenters. The first-order valence-corrected chi connectivity index (χ1v) is 4.44. The molecule has 0 aliphatic rings. The van der Waals surface area contributed by atoms with E-state index in [9.17, 15) is 14.9 Å². The van der Waals surface area contributed by atoms with E-state index >= 15 is 0 Å². The fourth-order valence-electron chi connectivity index (χ4n) is 1.25. The van der Waals surface area contributed by atoms with Crippen LogP contribution in [0.3, 0.4) is 0 Å². The van der Waals surface area contributed by atoms with E-state index in [1.165, 1.54) is 12.1 Å². The molecule has 0 aliphatic heterocycles. The van der Waals surface area contributed by atoms with Gasteiger partial charge < -0.3 is 16.6 Å². The van der Waals surface area contributed by atoms with E-state index in [-0.39, 0.29) is 12.1 Å². The normalized spacial score (nSPS) is 12.1. The van der Waals surface area contributed by atoms with Crippen molar-refractivity contribution < 1.29 is 14.8 Å². The van der Waals surface area contributed by atoms with Crippen LogP contribution in [0.5, 0.6) is 0 Å². The molecule has 0 spiro atoms. The molecule has 7 nitrogen and oxygen atoms in total. The Labute approximate surface area is 90.8 Å². The Morgan fingerprint density at radius 1 is 1.56 bits per heavy atom. The first kappa shape index (κ1) is 12.1. The number of carboxylic acid groups (broad SMARTS) is 1. The highest BCUT2D eigenvalue weighted by Crippen LogP contribution is 2.22. The molecule has 0 saturated heterocycles. The molecule has 7 heteroatoms. The van der Waals surface area contributed by atoms with Crippen molar-refractivity contribution in [1.29, 1.82) is 0 Å². The van der Waals surface area contributed by atoms with Gasteiger partial charge in [0.25, 0.3) is 5.69 Å². The molecule has 0 bridgehead atoms. The molecule has 1 aromatic carbocycles. The number of hydrogen-bond donors (Lipinski definition) is 3. The summed E-state index contributed by atoms with van der Waals surface area (Å²) < 4.78 is 0. The summed E-state index contributed by atoms with van der Waals surface area (Å²) in [6.07, 6.45) is 0. The van der Waals surface area contributed by atoms with Crippen molar-refractivity contribution in [2.24, 2.45) is 11.5 Å². The van der Waals surface area contributed by atoms with E-state index in [0.717, 1.165) is 6.07 Å². The summed E-state index contributed by atoms with van der Waals surface area (Å²) in [5.41, 5.74) is 10.5. The third kappa shape index (κ3) is 2.33. The monoisotopic (exact) mass is 225 g/mol. The van der Waals surface area contributed by atoms with Gasteiger partial charge in [-0.1, -0.05) is 6.07 Å². The van der Waals surface area contributed by atoms with Crippen LogP contribution in [0.1, 0.15) is 22.0 Å². The Morgan fingerprint density at radius 3 is 2.62 bits per heavy atom. The van der Waals surface area contributed by atoms with Gasteiger partial charge in [-0.25, -0.2) is 4.79 Å². The molecule has 1 aromatic rings. The molecule has 16 heavy (non-hydrogen) atoms. The highest BCUT2D eigenvalue weighted by molar-refractivity contribution is 5.92. The summed E-state index contributed by atoms with van der Waals surface area (Å²) >= 11 is 0. The molecule has 0 fully saturated rings. The van der Waals surface area contributed by atoms with E-state index in [1.54, 1.807) is 0 Å². The summed E-state index contributed by atoms with van der Waals surface area (Å²) in [6.45, 7) is 0.136. The van der Waals surface area contributed by atoms with Crippen LogP contribution in [0.15, 0.2) is 18.2 Å². The second-order valence-electron chi connectivity index (χ2n) is 3.18. The maximum absolute atomic E-state index is 10.8. The average Bonchev–Trinajstić information content (AvgIpc) is 2.26. The molecule has 0 amide bonds.